The fraction of sp³-hybridized carbons (Fsp3) is 0.286. The Labute approximate surface area is 250 Å². The molecule has 15 heteroatoms. The minimum Gasteiger partial charge on any atom is -0.494 e. The minimum atomic E-state index is -5.35. The van der Waals surface area contributed by atoms with Gasteiger partial charge in [-0.15, -0.1) is 11.3 Å². The highest BCUT2D eigenvalue weighted by Gasteiger charge is 2.39. The van der Waals surface area contributed by atoms with Crippen LogP contribution in [-0.2, 0) is 27.3 Å². The summed E-state index contributed by atoms with van der Waals surface area (Å²) in [5.74, 6) is -1.79. The van der Waals surface area contributed by atoms with Crippen LogP contribution in [0.25, 0.3) is 10.1 Å². The van der Waals surface area contributed by atoms with Gasteiger partial charge in [-0.1, -0.05) is 12.1 Å². The van der Waals surface area contributed by atoms with Crippen LogP contribution < -0.4 is 14.0 Å². The van der Waals surface area contributed by atoms with Gasteiger partial charge in [-0.05, 0) is 66.6 Å². The molecule has 43 heavy (non-hydrogen) atoms. The monoisotopic (exact) mass is 654 g/mol. The van der Waals surface area contributed by atoms with Gasteiger partial charge in [0.05, 0.1) is 23.8 Å². The predicted molar refractivity (Wildman–Crippen MR) is 154 cm³/mol. The average molecular weight is 655 g/mol. The zero-order chi connectivity index (χ0) is 31.3. The first-order valence-electron chi connectivity index (χ1n) is 13.1. The second kappa shape index (κ2) is 13.5. The van der Waals surface area contributed by atoms with E-state index >= 15 is 0 Å². The van der Waals surface area contributed by atoms with Crippen molar-refractivity contribution < 1.29 is 45.2 Å². The van der Waals surface area contributed by atoms with E-state index in [2.05, 4.69) is 4.57 Å². The van der Waals surface area contributed by atoms with Crippen LogP contribution >= 0.6 is 18.9 Å². The number of hydrogen-bond donors (Lipinski definition) is 3. The zero-order valence-electron chi connectivity index (χ0n) is 22.6. The Bertz CT molecular complexity index is 1770. The number of fused-ring (bicyclic) bond motifs is 1. The molecule has 2 aromatic carbocycles. The lowest BCUT2D eigenvalue weighted by molar-refractivity contribution is -0.697. The van der Waals surface area contributed by atoms with Gasteiger partial charge in [0.2, 0.25) is 0 Å². The standard InChI is InChI=1S/C28H27F3N3O6PS2/c29-28(30,31)24-16-21(8-9-22(24)19-32)27(41(35,36)37)33-43(38,39)26-17-20-10-11-23(18-25(20)42-26)40-15-7-2-1-4-12-34-13-5-3-6-14-34/h3,5-6,8-11,13-14,16-18,27,33H,1-2,4,7,12,15H2,(H-,35,36,37)/p+1. The van der Waals surface area contributed by atoms with E-state index in [1.54, 1.807) is 18.2 Å². The number of pyridine rings is 1. The van der Waals surface area contributed by atoms with Crippen LogP contribution in [0.3, 0.4) is 0 Å². The Kier molecular flexibility index (Phi) is 10.3. The second-order valence-corrected chi connectivity index (χ2v) is 14.4. The van der Waals surface area contributed by atoms with Crippen LogP contribution in [0.4, 0.5) is 13.2 Å². The highest BCUT2D eigenvalue weighted by molar-refractivity contribution is 7.92. The number of hydrogen-bond acceptors (Lipinski definition) is 6. The summed E-state index contributed by atoms with van der Waals surface area (Å²) in [5, 5.41) is 9.53. The molecule has 2 aromatic heterocycles. The maximum Gasteiger partial charge on any atom is 0.417 e. The number of ether oxygens (including phenoxy) is 1. The number of nitrogens with zero attached hydrogens (tertiary/aromatic N) is 2. The van der Waals surface area contributed by atoms with Crippen molar-refractivity contribution in [1.29, 1.82) is 5.26 Å². The third-order valence-electron chi connectivity index (χ3n) is 6.48. The number of nitriles is 1. The van der Waals surface area contributed by atoms with Gasteiger partial charge in [0.1, 0.15) is 22.3 Å². The maximum absolute atomic E-state index is 13.4. The number of aryl methyl sites for hydroxylation is 1. The van der Waals surface area contributed by atoms with Crippen LogP contribution in [0.5, 0.6) is 5.75 Å². The fourth-order valence-electron chi connectivity index (χ4n) is 4.33. The van der Waals surface area contributed by atoms with Crippen LogP contribution in [0, 0.1) is 11.3 Å². The zero-order valence-corrected chi connectivity index (χ0v) is 25.1. The van der Waals surface area contributed by atoms with Gasteiger partial charge >= 0.3 is 13.8 Å². The Hall–Kier alpha value is -3.31. The molecule has 0 bridgehead atoms. The van der Waals surface area contributed by atoms with E-state index in [0.29, 0.717) is 28.5 Å². The summed E-state index contributed by atoms with van der Waals surface area (Å²) < 4.78 is 88.9. The van der Waals surface area contributed by atoms with Crippen LogP contribution in [0.2, 0.25) is 0 Å². The molecule has 1 atom stereocenters. The summed E-state index contributed by atoms with van der Waals surface area (Å²) in [5.41, 5.74) is -2.85. The number of rotatable bonds is 13. The number of benzene rings is 2. The number of nitrogens with one attached hydrogen (secondary N) is 1. The van der Waals surface area contributed by atoms with Crippen molar-refractivity contribution in [1.82, 2.24) is 4.72 Å². The van der Waals surface area contributed by atoms with Gasteiger partial charge in [0.15, 0.2) is 12.4 Å². The molecule has 0 saturated heterocycles. The highest BCUT2D eigenvalue weighted by Crippen LogP contribution is 2.51. The SMILES string of the molecule is N#Cc1ccc(C(NS(=O)(=O)c2cc3ccc(OCCCCCC[n+]4ccccc4)cc3s2)P(=O)(O)O)cc1C(F)(F)F. The van der Waals surface area contributed by atoms with Gasteiger partial charge in [-0.25, -0.2) is 13.0 Å². The molecule has 4 aromatic rings. The molecule has 0 aliphatic rings. The van der Waals surface area contributed by atoms with Crippen molar-refractivity contribution in [3.8, 4) is 11.8 Å². The van der Waals surface area contributed by atoms with Gasteiger partial charge in [0.25, 0.3) is 10.0 Å². The number of alkyl halides is 3. The molecule has 0 fully saturated rings. The molecule has 9 nitrogen and oxygen atoms in total. The normalized spacial score (nSPS) is 13.1. The molecule has 1 unspecified atom stereocenters. The number of aromatic nitrogens is 1. The topological polar surface area (TPSA) is 141 Å². The Morgan fingerprint density at radius 2 is 1.74 bits per heavy atom. The maximum atomic E-state index is 13.4. The summed E-state index contributed by atoms with van der Waals surface area (Å²) in [4.78, 5) is 19.7. The molecule has 4 rings (SSSR count). The van der Waals surface area contributed by atoms with E-state index in [9.17, 15) is 35.9 Å². The molecule has 2 heterocycles. The van der Waals surface area contributed by atoms with Gasteiger partial charge in [0, 0.05) is 23.3 Å². The summed E-state index contributed by atoms with van der Waals surface area (Å²) in [6.07, 6.45) is 2.93. The molecule has 0 saturated carbocycles. The van der Waals surface area contributed by atoms with Crippen molar-refractivity contribution in [3.05, 3.63) is 89.7 Å². The van der Waals surface area contributed by atoms with Crippen molar-refractivity contribution in [3.63, 3.8) is 0 Å². The first kappa shape index (κ1) is 32.6. The largest absolute Gasteiger partial charge is 0.494 e. The number of sulfonamides is 1. The van der Waals surface area contributed by atoms with E-state index in [1.165, 1.54) is 12.1 Å². The van der Waals surface area contributed by atoms with Crippen molar-refractivity contribution in [2.75, 3.05) is 6.61 Å². The van der Waals surface area contributed by atoms with E-state index < -0.39 is 46.3 Å². The summed E-state index contributed by atoms with van der Waals surface area (Å²) in [6, 6.07) is 15.6. The molecule has 0 aliphatic heterocycles. The Balaban J connectivity index is 1.42. The molecule has 0 radical (unpaired) electrons. The summed E-state index contributed by atoms with van der Waals surface area (Å²) in [6.45, 7) is 1.41. The molecule has 0 aliphatic carbocycles. The molecule has 0 amide bonds. The van der Waals surface area contributed by atoms with E-state index in [-0.39, 0.29) is 4.21 Å². The van der Waals surface area contributed by atoms with Crippen molar-refractivity contribution >= 4 is 39.0 Å². The molecule has 3 N–H and O–H groups in total. The first-order valence-corrected chi connectivity index (χ1v) is 17.1. The third-order valence-corrected chi connectivity index (χ3v) is 10.7. The van der Waals surface area contributed by atoms with E-state index in [1.807, 2.05) is 35.3 Å². The average Bonchev–Trinajstić information content (AvgIpc) is 3.39. The molecule has 228 valence electrons. The number of halogens is 3. The van der Waals surface area contributed by atoms with Crippen LogP contribution in [0.15, 0.2) is 77.3 Å². The van der Waals surface area contributed by atoms with Crippen LogP contribution in [-0.4, -0.2) is 24.8 Å². The quantitative estimate of drug-likeness (QED) is 0.0930. The Morgan fingerprint density at radius 1 is 1.02 bits per heavy atom. The lowest BCUT2D eigenvalue weighted by Crippen LogP contribution is -2.32. The predicted octanol–water partition coefficient (Wildman–Crippen LogP) is 5.87. The van der Waals surface area contributed by atoms with Crippen molar-refractivity contribution in [2.45, 2.75) is 48.4 Å². The molecular formula is C28H28F3N3O6PS2+. The third kappa shape index (κ3) is 8.63. The van der Waals surface area contributed by atoms with Gasteiger partial charge in [-0.3, -0.25) is 4.57 Å². The second-order valence-electron chi connectivity index (χ2n) is 9.67. The van der Waals surface area contributed by atoms with Gasteiger partial charge < -0.3 is 14.5 Å². The minimum absolute atomic E-state index is 0.293. The smallest absolute Gasteiger partial charge is 0.417 e. The summed E-state index contributed by atoms with van der Waals surface area (Å²) >= 11 is 0.819. The van der Waals surface area contributed by atoms with E-state index in [0.717, 1.165) is 55.7 Å². The highest BCUT2D eigenvalue weighted by atomic mass is 32.2. The summed E-state index contributed by atoms with van der Waals surface area (Å²) in [7, 11) is -9.94. The first-order chi connectivity index (χ1) is 20.3. The lowest BCUT2D eigenvalue weighted by atomic mass is 10.0. The number of thiophene rings is 1. The lowest BCUT2D eigenvalue weighted by Gasteiger charge is -2.21. The van der Waals surface area contributed by atoms with Crippen LogP contribution in [0.1, 0.15) is 48.2 Å². The molecule has 0 spiro atoms. The Morgan fingerprint density at radius 3 is 2.42 bits per heavy atom. The van der Waals surface area contributed by atoms with E-state index in [4.69, 9.17) is 10.00 Å². The van der Waals surface area contributed by atoms with Gasteiger partial charge in [-0.2, -0.15) is 23.2 Å². The molecular weight excluding hydrogens is 626 g/mol. The fourth-order valence-corrected chi connectivity index (χ4v) is 8.35. The van der Waals surface area contributed by atoms with Crippen molar-refractivity contribution in [2.24, 2.45) is 0 Å². The number of unbranched alkanes of at least 4 members (excludes halogenated alkanes) is 3.